The van der Waals surface area contributed by atoms with E-state index in [1.807, 2.05) is 37.4 Å². The van der Waals surface area contributed by atoms with Gasteiger partial charge in [0.25, 0.3) is 5.91 Å². The van der Waals surface area contributed by atoms with Crippen molar-refractivity contribution in [1.29, 1.82) is 0 Å². The minimum absolute atomic E-state index is 0.0704. The molecule has 1 aliphatic heterocycles. The predicted octanol–water partition coefficient (Wildman–Crippen LogP) is 2.80. The average Bonchev–Trinajstić information content (AvgIpc) is 2.71. The molecule has 5 heteroatoms. The highest BCUT2D eigenvalue weighted by molar-refractivity contribution is 7.98. The topological polar surface area (TPSA) is 53.2 Å². The van der Waals surface area contributed by atoms with Crippen LogP contribution in [0.4, 0.5) is 0 Å². The van der Waals surface area contributed by atoms with Gasteiger partial charge in [0.05, 0.1) is 11.3 Å². The zero-order valence-electron chi connectivity index (χ0n) is 12.1. The van der Waals surface area contributed by atoms with Crippen molar-refractivity contribution >= 4 is 17.7 Å². The Morgan fingerprint density at radius 1 is 1.19 bits per heavy atom. The highest BCUT2D eigenvalue weighted by Crippen LogP contribution is 2.43. The van der Waals surface area contributed by atoms with E-state index in [0.717, 1.165) is 22.4 Å². The lowest BCUT2D eigenvalue weighted by Crippen LogP contribution is -2.21. The van der Waals surface area contributed by atoms with E-state index in [0.29, 0.717) is 5.56 Å². The van der Waals surface area contributed by atoms with Gasteiger partial charge in [-0.1, -0.05) is 24.3 Å². The summed E-state index contributed by atoms with van der Waals surface area (Å²) in [5.41, 5.74) is 3.97. The second kappa shape index (κ2) is 5.07. The molecular weight excluding hydrogens is 284 g/mol. The largest absolute Gasteiger partial charge is 0.325 e. The molecule has 2 heterocycles. The number of nitrogens with zero attached hydrogens (tertiary/aromatic N) is 1. The van der Waals surface area contributed by atoms with Crippen molar-refractivity contribution in [2.45, 2.75) is 12.3 Å². The van der Waals surface area contributed by atoms with Gasteiger partial charge in [-0.15, -0.1) is 11.8 Å². The lowest BCUT2D eigenvalue weighted by Gasteiger charge is -2.20. The van der Waals surface area contributed by atoms with E-state index in [9.17, 15) is 9.59 Å². The summed E-state index contributed by atoms with van der Waals surface area (Å²) in [5, 5.41) is -0.0704. The monoisotopic (exact) mass is 300 g/mol. The number of fused-ring (bicyclic) bond motifs is 1. The maximum Gasteiger partial charge on any atom is 0.255 e. The molecule has 1 atom stereocenters. The molecule has 3 rings (SSSR count). The highest BCUT2D eigenvalue weighted by Gasteiger charge is 2.37. The number of aromatic amines is 1. The van der Waals surface area contributed by atoms with Gasteiger partial charge in [0.2, 0.25) is 5.56 Å². The molecule has 0 fully saturated rings. The Balaban J connectivity index is 2.34. The highest BCUT2D eigenvalue weighted by atomic mass is 32.2. The lowest BCUT2D eigenvalue weighted by molar-refractivity contribution is 0.0813. The number of thioether (sulfide) groups is 1. The number of amides is 1. The van der Waals surface area contributed by atoms with Crippen LogP contribution in [-0.4, -0.2) is 29.1 Å². The van der Waals surface area contributed by atoms with Crippen LogP contribution in [0.3, 0.4) is 0 Å². The Kier molecular flexibility index (Phi) is 3.37. The average molecular weight is 300 g/mol. The minimum atomic E-state index is -0.240. The Labute approximate surface area is 127 Å². The summed E-state index contributed by atoms with van der Waals surface area (Å²) in [7, 11) is 1.77. The number of pyridine rings is 1. The molecule has 21 heavy (non-hydrogen) atoms. The molecule has 0 saturated carbocycles. The van der Waals surface area contributed by atoms with Gasteiger partial charge >= 0.3 is 0 Å². The van der Waals surface area contributed by atoms with Crippen LogP contribution in [0.1, 0.15) is 26.9 Å². The third-order valence-corrected chi connectivity index (χ3v) is 4.87. The van der Waals surface area contributed by atoms with Crippen molar-refractivity contribution in [2.24, 2.45) is 0 Å². The number of aromatic nitrogens is 1. The van der Waals surface area contributed by atoms with Crippen LogP contribution in [0, 0.1) is 6.92 Å². The second-order valence-corrected chi connectivity index (χ2v) is 6.07. The van der Waals surface area contributed by atoms with Crippen molar-refractivity contribution in [3.8, 4) is 11.3 Å². The van der Waals surface area contributed by atoms with E-state index in [1.54, 1.807) is 23.7 Å². The molecule has 0 aliphatic carbocycles. The zero-order chi connectivity index (χ0) is 15.1. The van der Waals surface area contributed by atoms with Gasteiger partial charge in [-0.3, -0.25) is 9.59 Å². The minimum Gasteiger partial charge on any atom is -0.325 e. The van der Waals surface area contributed by atoms with Crippen LogP contribution >= 0.6 is 11.8 Å². The zero-order valence-corrected chi connectivity index (χ0v) is 13.0. The fourth-order valence-electron chi connectivity index (χ4n) is 2.84. The quantitative estimate of drug-likeness (QED) is 0.928. The molecule has 0 radical (unpaired) electrons. The third kappa shape index (κ3) is 2.08. The number of benzene rings is 1. The molecule has 1 aliphatic rings. The van der Waals surface area contributed by atoms with Gasteiger partial charge < -0.3 is 9.88 Å². The molecular formula is C16H16N2O2S. The van der Waals surface area contributed by atoms with Gasteiger partial charge in [0.15, 0.2) is 0 Å². The fourth-order valence-corrected chi connectivity index (χ4v) is 3.73. The number of nitrogens with one attached hydrogen (secondary N) is 1. The lowest BCUT2D eigenvalue weighted by atomic mass is 9.99. The summed E-state index contributed by atoms with van der Waals surface area (Å²) in [4.78, 5) is 28.9. The van der Waals surface area contributed by atoms with Gasteiger partial charge in [-0.25, -0.2) is 0 Å². The number of aryl methyl sites for hydroxylation is 1. The first-order valence-electron chi connectivity index (χ1n) is 6.67. The van der Waals surface area contributed by atoms with Crippen molar-refractivity contribution in [2.75, 3.05) is 13.3 Å². The van der Waals surface area contributed by atoms with Crippen LogP contribution in [0.2, 0.25) is 0 Å². The van der Waals surface area contributed by atoms with Crippen LogP contribution in [-0.2, 0) is 0 Å². The third-order valence-electron chi connectivity index (χ3n) is 3.87. The Morgan fingerprint density at radius 2 is 1.90 bits per heavy atom. The van der Waals surface area contributed by atoms with E-state index < -0.39 is 0 Å². The summed E-state index contributed by atoms with van der Waals surface area (Å²) in [6, 6.07) is 9.28. The molecule has 4 nitrogen and oxygen atoms in total. The summed E-state index contributed by atoms with van der Waals surface area (Å²) in [6.07, 6.45) is 1.97. The van der Waals surface area contributed by atoms with Crippen LogP contribution < -0.4 is 5.56 Å². The first-order chi connectivity index (χ1) is 10.0. The van der Waals surface area contributed by atoms with Crippen LogP contribution in [0.15, 0.2) is 35.1 Å². The van der Waals surface area contributed by atoms with E-state index >= 15 is 0 Å². The first kappa shape index (κ1) is 13.9. The Morgan fingerprint density at radius 3 is 2.57 bits per heavy atom. The summed E-state index contributed by atoms with van der Waals surface area (Å²) < 4.78 is 0. The van der Waals surface area contributed by atoms with Gasteiger partial charge in [0.1, 0.15) is 5.37 Å². The van der Waals surface area contributed by atoms with Crippen molar-refractivity contribution in [3.05, 3.63) is 57.4 Å². The van der Waals surface area contributed by atoms with Crippen molar-refractivity contribution in [1.82, 2.24) is 9.88 Å². The molecule has 0 unspecified atom stereocenters. The normalized spacial score (nSPS) is 17.2. The summed E-state index contributed by atoms with van der Waals surface area (Å²) >= 11 is 1.59. The van der Waals surface area contributed by atoms with Crippen LogP contribution in [0.25, 0.3) is 11.3 Å². The molecule has 2 aromatic rings. The van der Waals surface area contributed by atoms with Gasteiger partial charge in [-0.05, 0) is 18.7 Å². The molecule has 1 amide bonds. The molecule has 108 valence electrons. The number of hydrogen-bond donors (Lipinski definition) is 1. The molecule has 0 saturated heterocycles. The van der Waals surface area contributed by atoms with E-state index in [2.05, 4.69) is 4.98 Å². The van der Waals surface area contributed by atoms with E-state index in [4.69, 9.17) is 0 Å². The molecule has 1 aromatic heterocycles. The number of carbonyl (C=O) groups excluding carboxylic acids is 1. The second-order valence-electron chi connectivity index (χ2n) is 5.15. The first-order valence-corrected chi connectivity index (χ1v) is 7.96. The van der Waals surface area contributed by atoms with Crippen LogP contribution in [0.5, 0.6) is 0 Å². The fraction of sp³-hybridized carbons (Fsp3) is 0.250. The summed E-state index contributed by atoms with van der Waals surface area (Å²) in [6.45, 7) is 2.00. The molecule has 1 aromatic carbocycles. The molecule has 1 N–H and O–H groups in total. The SMILES string of the molecule is CS[C@@H]1c2c(cc(=O)[nH]c2-c2ccccc2C)C(=O)N1C. The standard InChI is InChI=1S/C16H16N2O2S/c1-9-6-4-5-7-10(9)14-13-11(8-12(19)17-14)15(20)18(2)16(13)21-3/h4-8,16H,1-3H3,(H,17,19)/t16-/m1/s1. The van der Waals surface area contributed by atoms with Gasteiger partial charge in [0, 0.05) is 24.2 Å². The maximum absolute atomic E-state index is 12.3. The molecule has 0 bridgehead atoms. The number of carbonyl (C=O) groups is 1. The van der Waals surface area contributed by atoms with Crippen molar-refractivity contribution in [3.63, 3.8) is 0 Å². The van der Waals surface area contributed by atoms with E-state index in [1.165, 1.54) is 6.07 Å². The Bertz CT molecular complexity index is 782. The van der Waals surface area contributed by atoms with Gasteiger partial charge in [-0.2, -0.15) is 0 Å². The van der Waals surface area contributed by atoms with E-state index in [-0.39, 0.29) is 16.8 Å². The van der Waals surface area contributed by atoms with Crippen molar-refractivity contribution < 1.29 is 4.79 Å². The smallest absolute Gasteiger partial charge is 0.255 e. The maximum atomic E-state index is 12.3. The predicted molar refractivity (Wildman–Crippen MR) is 85.6 cm³/mol. The summed E-state index contributed by atoms with van der Waals surface area (Å²) in [5.74, 6) is -0.0923. The number of hydrogen-bond acceptors (Lipinski definition) is 3. The Hall–Kier alpha value is -2.01. The number of H-pyrrole nitrogens is 1. The molecule has 0 spiro atoms. The number of rotatable bonds is 2.